The van der Waals surface area contributed by atoms with Crippen LogP contribution < -0.4 is 4.74 Å². The van der Waals surface area contributed by atoms with E-state index in [4.69, 9.17) is 9.84 Å². The number of alkyl halides is 1. The van der Waals surface area contributed by atoms with Crippen molar-refractivity contribution in [2.24, 2.45) is 0 Å². The molecule has 0 aromatic heterocycles. The van der Waals surface area contributed by atoms with Gasteiger partial charge in [0.1, 0.15) is 12.4 Å². The first kappa shape index (κ1) is 18.9. The van der Waals surface area contributed by atoms with E-state index in [2.05, 4.69) is 0 Å². The zero-order valence-electron chi connectivity index (χ0n) is 15.2. The molecule has 142 valence electrons. The third kappa shape index (κ3) is 4.45. The van der Waals surface area contributed by atoms with E-state index < -0.39 is 18.2 Å². The Morgan fingerprint density at radius 1 is 1.22 bits per heavy atom. The third-order valence-electron chi connectivity index (χ3n) is 4.86. The van der Waals surface area contributed by atoms with Crippen LogP contribution in [-0.4, -0.2) is 40.6 Å². The van der Waals surface area contributed by atoms with E-state index in [-0.39, 0.29) is 25.3 Å². The van der Waals surface area contributed by atoms with Gasteiger partial charge in [-0.2, -0.15) is 0 Å². The quantitative estimate of drug-likeness (QED) is 0.847. The molecule has 5 nitrogen and oxygen atoms in total. The fourth-order valence-electron chi connectivity index (χ4n) is 3.13. The fraction of sp³-hybridized carbons (Fsp3) is 0.333. The van der Waals surface area contributed by atoms with Crippen LogP contribution in [0.5, 0.6) is 5.75 Å². The molecule has 1 saturated heterocycles. The van der Waals surface area contributed by atoms with Gasteiger partial charge in [-0.15, -0.1) is 0 Å². The molecular weight excluding hydrogens is 349 g/mol. The van der Waals surface area contributed by atoms with Crippen molar-refractivity contribution in [3.05, 3.63) is 65.2 Å². The average molecular weight is 371 g/mol. The lowest BCUT2D eigenvalue weighted by Crippen LogP contribution is -2.39. The van der Waals surface area contributed by atoms with Crippen molar-refractivity contribution in [2.45, 2.75) is 32.0 Å². The zero-order chi connectivity index (χ0) is 19.4. The first-order valence-corrected chi connectivity index (χ1v) is 8.84. The van der Waals surface area contributed by atoms with E-state index in [0.717, 1.165) is 16.7 Å². The molecule has 6 heteroatoms. The van der Waals surface area contributed by atoms with Crippen molar-refractivity contribution in [2.75, 3.05) is 13.1 Å². The number of rotatable bonds is 6. The molecule has 1 fully saturated rings. The smallest absolute Gasteiger partial charge is 0.343 e. The molecule has 1 atom stereocenters. The van der Waals surface area contributed by atoms with Gasteiger partial charge in [0.05, 0.1) is 13.0 Å². The van der Waals surface area contributed by atoms with Crippen molar-refractivity contribution in [3.8, 4) is 5.75 Å². The SMILES string of the molecule is Cc1ccccc1COc1cccc(CC(=O)N2CCC(F)(C(=O)O)C2)c1. The van der Waals surface area contributed by atoms with Gasteiger partial charge in [0.2, 0.25) is 11.6 Å². The van der Waals surface area contributed by atoms with Gasteiger partial charge >= 0.3 is 5.97 Å². The average Bonchev–Trinajstić information content (AvgIpc) is 3.05. The molecular formula is C21H22FNO4. The van der Waals surface area contributed by atoms with Crippen molar-refractivity contribution in [3.63, 3.8) is 0 Å². The number of benzene rings is 2. The summed E-state index contributed by atoms with van der Waals surface area (Å²) < 4.78 is 20.0. The standard InChI is InChI=1S/C21H22FNO4/c1-15-5-2-3-7-17(15)13-27-18-8-4-6-16(11-18)12-19(24)23-10-9-21(22,14-23)20(25)26/h2-8,11H,9-10,12-14H2,1H3,(H,25,26). The van der Waals surface area contributed by atoms with Gasteiger partial charge in [-0.3, -0.25) is 4.79 Å². The highest BCUT2D eigenvalue weighted by molar-refractivity contribution is 5.83. The topological polar surface area (TPSA) is 66.8 Å². The first-order chi connectivity index (χ1) is 12.9. The predicted molar refractivity (Wildman–Crippen MR) is 98.3 cm³/mol. The van der Waals surface area contributed by atoms with E-state index in [1.165, 1.54) is 4.90 Å². The zero-order valence-corrected chi connectivity index (χ0v) is 15.2. The molecule has 0 spiro atoms. The highest BCUT2D eigenvalue weighted by atomic mass is 19.1. The van der Waals surface area contributed by atoms with Crippen molar-refractivity contribution in [1.29, 1.82) is 0 Å². The van der Waals surface area contributed by atoms with Crippen LogP contribution in [0.3, 0.4) is 0 Å². The maximum absolute atomic E-state index is 14.1. The minimum absolute atomic E-state index is 0.0806. The second-order valence-electron chi connectivity index (χ2n) is 6.88. The number of hydrogen-bond acceptors (Lipinski definition) is 3. The molecule has 2 aromatic rings. The number of carbonyl (C=O) groups is 2. The monoisotopic (exact) mass is 371 g/mol. The Balaban J connectivity index is 1.60. The maximum atomic E-state index is 14.1. The molecule has 0 bridgehead atoms. The molecule has 1 heterocycles. The minimum atomic E-state index is -2.34. The van der Waals surface area contributed by atoms with E-state index in [0.29, 0.717) is 12.4 Å². The Bertz CT molecular complexity index is 854. The van der Waals surface area contributed by atoms with Gasteiger partial charge in [0.15, 0.2) is 0 Å². The number of hydrogen-bond donors (Lipinski definition) is 1. The largest absolute Gasteiger partial charge is 0.489 e. The summed E-state index contributed by atoms with van der Waals surface area (Å²) in [6, 6.07) is 15.2. The summed E-state index contributed by atoms with van der Waals surface area (Å²) in [5.74, 6) is -1.15. The van der Waals surface area contributed by atoms with Crippen molar-refractivity contribution < 1.29 is 23.8 Å². The molecule has 1 unspecified atom stereocenters. The number of aliphatic carboxylic acids is 1. The summed E-state index contributed by atoms with van der Waals surface area (Å²) in [6.07, 6.45) is -0.0923. The molecule has 2 aromatic carbocycles. The number of likely N-dealkylation sites (tertiary alicyclic amines) is 1. The Morgan fingerprint density at radius 2 is 2.00 bits per heavy atom. The number of halogens is 1. The highest BCUT2D eigenvalue weighted by Gasteiger charge is 2.46. The summed E-state index contributed by atoms with van der Waals surface area (Å²) in [4.78, 5) is 24.6. The van der Waals surface area contributed by atoms with E-state index >= 15 is 0 Å². The Kier molecular flexibility index (Phi) is 5.44. The molecule has 27 heavy (non-hydrogen) atoms. The molecule has 0 saturated carbocycles. The Hall–Kier alpha value is -2.89. The summed E-state index contributed by atoms with van der Waals surface area (Å²) >= 11 is 0. The van der Waals surface area contributed by atoms with E-state index in [1.54, 1.807) is 18.2 Å². The number of nitrogens with zero attached hydrogens (tertiary/aromatic N) is 1. The second kappa shape index (κ2) is 7.78. The van der Waals surface area contributed by atoms with Crippen molar-refractivity contribution >= 4 is 11.9 Å². The number of carboxylic acids is 1. The molecule has 1 aliphatic heterocycles. The Morgan fingerprint density at radius 3 is 2.70 bits per heavy atom. The van der Waals surface area contributed by atoms with Gasteiger partial charge in [-0.1, -0.05) is 36.4 Å². The van der Waals surface area contributed by atoms with E-state index in [9.17, 15) is 14.0 Å². The lowest BCUT2D eigenvalue weighted by Gasteiger charge is -2.18. The maximum Gasteiger partial charge on any atom is 0.343 e. The van der Waals surface area contributed by atoms with Crippen LogP contribution >= 0.6 is 0 Å². The summed E-state index contributed by atoms with van der Waals surface area (Å²) in [7, 11) is 0. The van der Waals surface area contributed by atoms with Gasteiger partial charge in [-0.05, 0) is 35.7 Å². The molecule has 0 radical (unpaired) electrons. The summed E-state index contributed by atoms with van der Waals surface area (Å²) in [5.41, 5.74) is 0.637. The molecule has 3 rings (SSSR count). The van der Waals surface area contributed by atoms with Crippen molar-refractivity contribution in [1.82, 2.24) is 4.90 Å². The van der Waals surface area contributed by atoms with Crippen LogP contribution in [0.25, 0.3) is 0 Å². The fourth-order valence-corrected chi connectivity index (χ4v) is 3.13. The predicted octanol–water partition coefficient (Wildman–Crippen LogP) is 3.14. The molecule has 1 N–H and O–H groups in total. The minimum Gasteiger partial charge on any atom is -0.489 e. The Labute approximate surface area is 157 Å². The molecule has 1 aliphatic rings. The number of aryl methyl sites for hydroxylation is 1. The molecule has 1 amide bonds. The van der Waals surface area contributed by atoms with E-state index in [1.807, 2.05) is 37.3 Å². The number of ether oxygens (including phenoxy) is 1. The van der Waals surface area contributed by atoms with Crippen LogP contribution in [0.4, 0.5) is 4.39 Å². The van der Waals surface area contributed by atoms with Gasteiger partial charge in [0, 0.05) is 13.0 Å². The normalized spacial score (nSPS) is 19.1. The van der Waals surface area contributed by atoms with Crippen LogP contribution in [0.1, 0.15) is 23.1 Å². The van der Waals surface area contributed by atoms with Gasteiger partial charge in [0.25, 0.3) is 0 Å². The van der Waals surface area contributed by atoms with Crippen LogP contribution in [0.2, 0.25) is 0 Å². The summed E-state index contributed by atoms with van der Waals surface area (Å²) in [5, 5.41) is 8.94. The highest BCUT2D eigenvalue weighted by Crippen LogP contribution is 2.26. The van der Waals surface area contributed by atoms with Crippen LogP contribution in [-0.2, 0) is 22.6 Å². The lowest BCUT2D eigenvalue weighted by atomic mass is 10.1. The molecule has 0 aliphatic carbocycles. The lowest BCUT2D eigenvalue weighted by molar-refractivity contribution is -0.150. The van der Waals surface area contributed by atoms with Gasteiger partial charge in [-0.25, -0.2) is 9.18 Å². The second-order valence-corrected chi connectivity index (χ2v) is 6.88. The van der Waals surface area contributed by atoms with Crippen LogP contribution in [0, 0.1) is 6.92 Å². The first-order valence-electron chi connectivity index (χ1n) is 8.84. The number of carboxylic acid groups (broad SMARTS) is 1. The van der Waals surface area contributed by atoms with Crippen LogP contribution in [0.15, 0.2) is 48.5 Å². The summed E-state index contributed by atoms with van der Waals surface area (Å²) in [6.45, 7) is 2.17. The number of amides is 1. The number of carbonyl (C=O) groups excluding carboxylic acids is 1. The van der Waals surface area contributed by atoms with Gasteiger partial charge < -0.3 is 14.7 Å². The third-order valence-corrected chi connectivity index (χ3v) is 4.86.